The zero-order valence-electron chi connectivity index (χ0n) is 7.41. The van der Waals surface area contributed by atoms with E-state index in [1.165, 1.54) is 7.11 Å². The van der Waals surface area contributed by atoms with Crippen molar-refractivity contribution in [1.29, 1.82) is 0 Å². The fraction of sp³-hybridized carbons (Fsp3) is 0.100. The maximum absolute atomic E-state index is 11.4. The highest BCUT2D eigenvalue weighted by atomic mass is 79.9. The predicted octanol–water partition coefficient (Wildman–Crippen LogP) is 2.98. The summed E-state index contributed by atoms with van der Waals surface area (Å²) in [5.41, 5.74) is 1.17. The van der Waals surface area contributed by atoms with Gasteiger partial charge in [-0.05, 0) is 34.1 Å². The number of hydrogen-bond acceptors (Lipinski definition) is 3. The van der Waals surface area contributed by atoms with Crippen molar-refractivity contribution in [3.05, 3.63) is 34.5 Å². The first-order valence-electron chi connectivity index (χ1n) is 3.98. The van der Waals surface area contributed by atoms with Crippen LogP contribution in [0.25, 0.3) is 11.0 Å². The molecule has 72 valence electrons. The molecule has 0 amide bonds. The number of carbonyl (C=O) groups is 1. The second-order valence-corrected chi connectivity index (χ2v) is 3.60. The van der Waals surface area contributed by atoms with Crippen molar-refractivity contribution in [1.82, 2.24) is 0 Å². The highest BCUT2D eigenvalue weighted by molar-refractivity contribution is 9.10. The number of fused-ring (bicyclic) bond motifs is 1. The van der Waals surface area contributed by atoms with E-state index < -0.39 is 0 Å². The van der Waals surface area contributed by atoms with Gasteiger partial charge in [-0.25, -0.2) is 4.79 Å². The number of rotatable bonds is 1. The van der Waals surface area contributed by atoms with E-state index in [9.17, 15) is 4.79 Å². The molecule has 0 aliphatic rings. The lowest BCUT2D eigenvalue weighted by Crippen LogP contribution is -2.01. The Morgan fingerprint density at radius 1 is 1.43 bits per heavy atom. The first-order valence-corrected chi connectivity index (χ1v) is 4.77. The average molecular weight is 255 g/mol. The molecule has 14 heavy (non-hydrogen) atoms. The lowest BCUT2D eigenvalue weighted by Gasteiger charge is -2.00. The maximum Gasteiger partial charge on any atom is 0.338 e. The Bertz CT molecular complexity index is 487. The molecule has 0 N–H and O–H groups in total. The van der Waals surface area contributed by atoms with E-state index in [2.05, 4.69) is 20.7 Å². The second-order valence-electron chi connectivity index (χ2n) is 2.75. The monoisotopic (exact) mass is 254 g/mol. The normalized spacial score (nSPS) is 10.4. The van der Waals surface area contributed by atoms with Crippen molar-refractivity contribution in [3.63, 3.8) is 0 Å². The van der Waals surface area contributed by atoms with E-state index in [-0.39, 0.29) is 5.97 Å². The summed E-state index contributed by atoms with van der Waals surface area (Å²) in [6, 6.07) is 5.21. The molecule has 2 aromatic rings. The second kappa shape index (κ2) is 3.46. The fourth-order valence-electron chi connectivity index (χ4n) is 1.32. The summed E-state index contributed by atoms with van der Waals surface area (Å²) < 4.78 is 10.7. The Kier molecular flexibility index (Phi) is 2.29. The van der Waals surface area contributed by atoms with Gasteiger partial charge in [0.1, 0.15) is 5.58 Å². The van der Waals surface area contributed by atoms with Crippen LogP contribution in [0.4, 0.5) is 0 Å². The highest BCUT2D eigenvalue weighted by Gasteiger charge is 2.13. The molecular formula is C10H7BrO3. The number of hydrogen-bond donors (Lipinski definition) is 0. The van der Waals surface area contributed by atoms with Gasteiger partial charge in [0.15, 0.2) is 0 Å². The Morgan fingerprint density at radius 2 is 2.21 bits per heavy atom. The van der Waals surface area contributed by atoms with Crippen LogP contribution in [0.1, 0.15) is 10.4 Å². The molecule has 0 saturated heterocycles. The first-order chi connectivity index (χ1) is 6.74. The maximum atomic E-state index is 11.4. The lowest BCUT2D eigenvalue weighted by molar-refractivity contribution is 0.0603. The summed E-state index contributed by atoms with van der Waals surface area (Å²) in [7, 11) is 1.36. The number of ether oxygens (including phenoxy) is 1. The van der Waals surface area contributed by atoms with Crippen LogP contribution in [-0.2, 0) is 4.74 Å². The van der Waals surface area contributed by atoms with Gasteiger partial charge in [-0.1, -0.05) is 0 Å². The summed E-state index contributed by atoms with van der Waals surface area (Å²) in [6.07, 6.45) is 1.54. The van der Waals surface area contributed by atoms with Crippen LogP contribution < -0.4 is 0 Å². The molecule has 0 aliphatic carbocycles. The molecule has 0 bridgehead atoms. The van der Waals surface area contributed by atoms with E-state index in [1.54, 1.807) is 24.5 Å². The number of furan rings is 1. The molecule has 2 rings (SSSR count). The molecule has 3 nitrogen and oxygen atoms in total. The molecule has 4 heteroatoms. The van der Waals surface area contributed by atoms with Gasteiger partial charge in [-0.2, -0.15) is 0 Å². The zero-order chi connectivity index (χ0) is 10.1. The third kappa shape index (κ3) is 1.32. The SMILES string of the molecule is COC(=O)c1ccc(Br)c2occc12. The van der Waals surface area contributed by atoms with Crippen LogP contribution in [-0.4, -0.2) is 13.1 Å². The standard InChI is InChI=1S/C10H7BrO3/c1-13-10(12)7-2-3-8(11)9-6(7)4-5-14-9/h2-5H,1H3. The van der Waals surface area contributed by atoms with Gasteiger partial charge < -0.3 is 9.15 Å². The number of carbonyl (C=O) groups excluding carboxylic acids is 1. The van der Waals surface area contributed by atoms with Gasteiger partial charge in [0.05, 0.1) is 23.4 Å². The fourth-order valence-corrected chi connectivity index (χ4v) is 1.76. The molecule has 1 aromatic carbocycles. The molecule has 0 aliphatic heterocycles. The van der Waals surface area contributed by atoms with Crippen molar-refractivity contribution < 1.29 is 13.9 Å². The number of methoxy groups -OCH3 is 1. The smallest absolute Gasteiger partial charge is 0.338 e. The number of esters is 1. The summed E-state index contributed by atoms with van der Waals surface area (Å²) in [5, 5.41) is 0.756. The van der Waals surface area contributed by atoms with Crippen LogP contribution in [0.2, 0.25) is 0 Å². The van der Waals surface area contributed by atoms with Crippen molar-refractivity contribution in [2.24, 2.45) is 0 Å². The van der Waals surface area contributed by atoms with Gasteiger partial charge in [0, 0.05) is 5.39 Å². The molecule has 1 heterocycles. The van der Waals surface area contributed by atoms with Crippen LogP contribution in [0.15, 0.2) is 33.4 Å². The Hall–Kier alpha value is -1.29. The van der Waals surface area contributed by atoms with E-state index in [1.807, 2.05) is 0 Å². The lowest BCUT2D eigenvalue weighted by atomic mass is 10.1. The molecule has 1 aromatic heterocycles. The summed E-state index contributed by atoms with van der Waals surface area (Å²) in [6.45, 7) is 0. The van der Waals surface area contributed by atoms with Gasteiger partial charge in [-0.3, -0.25) is 0 Å². The minimum absolute atomic E-state index is 0.357. The van der Waals surface area contributed by atoms with Gasteiger partial charge in [0.2, 0.25) is 0 Å². The van der Waals surface area contributed by atoms with Crippen molar-refractivity contribution >= 4 is 32.9 Å². The Labute approximate surface area is 88.8 Å². The first kappa shape index (κ1) is 9.27. The quantitative estimate of drug-likeness (QED) is 0.735. The largest absolute Gasteiger partial charge is 0.465 e. The molecule has 0 saturated carbocycles. The van der Waals surface area contributed by atoms with E-state index in [0.29, 0.717) is 11.1 Å². The number of benzene rings is 1. The molecule has 0 atom stereocenters. The van der Waals surface area contributed by atoms with E-state index >= 15 is 0 Å². The van der Waals surface area contributed by atoms with Gasteiger partial charge in [-0.15, -0.1) is 0 Å². The Balaban J connectivity index is 2.72. The van der Waals surface area contributed by atoms with Crippen molar-refractivity contribution in [2.45, 2.75) is 0 Å². The Morgan fingerprint density at radius 3 is 2.93 bits per heavy atom. The van der Waals surface area contributed by atoms with E-state index in [4.69, 9.17) is 4.42 Å². The highest BCUT2D eigenvalue weighted by Crippen LogP contribution is 2.28. The van der Waals surface area contributed by atoms with Crippen LogP contribution in [0, 0.1) is 0 Å². The molecule has 0 radical (unpaired) electrons. The summed E-state index contributed by atoms with van der Waals surface area (Å²) >= 11 is 3.34. The van der Waals surface area contributed by atoms with Crippen molar-refractivity contribution in [2.75, 3.05) is 7.11 Å². The topological polar surface area (TPSA) is 39.4 Å². The minimum Gasteiger partial charge on any atom is -0.465 e. The summed E-state index contributed by atoms with van der Waals surface area (Å²) in [4.78, 5) is 11.4. The average Bonchev–Trinajstić information content (AvgIpc) is 2.67. The predicted molar refractivity (Wildman–Crippen MR) is 55.3 cm³/mol. The molecule has 0 unspecified atom stereocenters. The zero-order valence-corrected chi connectivity index (χ0v) is 9.00. The number of halogens is 1. The third-order valence-electron chi connectivity index (χ3n) is 1.97. The van der Waals surface area contributed by atoms with Crippen molar-refractivity contribution in [3.8, 4) is 0 Å². The van der Waals surface area contributed by atoms with Crippen LogP contribution in [0.3, 0.4) is 0 Å². The molecule has 0 fully saturated rings. The van der Waals surface area contributed by atoms with Gasteiger partial charge >= 0.3 is 5.97 Å². The van der Waals surface area contributed by atoms with Crippen LogP contribution >= 0.6 is 15.9 Å². The minimum atomic E-state index is -0.357. The van der Waals surface area contributed by atoms with Gasteiger partial charge in [0.25, 0.3) is 0 Å². The molecular weight excluding hydrogens is 248 g/mol. The van der Waals surface area contributed by atoms with Crippen LogP contribution in [0.5, 0.6) is 0 Å². The third-order valence-corrected chi connectivity index (χ3v) is 2.60. The molecule has 0 spiro atoms. The van der Waals surface area contributed by atoms with E-state index in [0.717, 1.165) is 9.86 Å². The summed E-state index contributed by atoms with van der Waals surface area (Å²) in [5.74, 6) is -0.357.